The van der Waals surface area contributed by atoms with E-state index in [4.69, 9.17) is 8.94 Å². The molecule has 0 aromatic carbocycles. The first kappa shape index (κ1) is 14.8. The van der Waals surface area contributed by atoms with Crippen molar-refractivity contribution in [1.82, 2.24) is 10.1 Å². The standard InChI is InChI=1S/C14H16N2O5/c1-16(7-3-6-13(17)19-2)14(18)10-9-12(21-15-10)11-5-4-8-20-11/h4-5,8-9H,3,6-7H2,1-2H3. The molecule has 2 rings (SSSR count). The number of carbonyl (C=O) groups excluding carboxylic acids is 2. The molecule has 2 aromatic rings. The Hall–Kier alpha value is -2.57. The summed E-state index contributed by atoms with van der Waals surface area (Å²) in [4.78, 5) is 24.6. The lowest BCUT2D eigenvalue weighted by atomic mass is 10.2. The number of ether oxygens (including phenoxy) is 1. The summed E-state index contributed by atoms with van der Waals surface area (Å²) in [7, 11) is 2.98. The third-order valence-electron chi connectivity index (χ3n) is 2.94. The lowest BCUT2D eigenvalue weighted by Crippen LogP contribution is -2.28. The van der Waals surface area contributed by atoms with Crippen LogP contribution in [-0.4, -0.2) is 42.6 Å². The highest BCUT2D eigenvalue weighted by molar-refractivity contribution is 5.92. The van der Waals surface area contributed by atoms with Crippen LogP contribution in [0.5, 0.6) is 0 Å². The summed E-state index contributed by atoms with van der Waals surface area (Å²) in [5.74, 6) is 0.333. The second-order valence-electron chi connectivity index (χ2n) is 4.46. The van der Waals surface area contributed by atoms with E-state index in [9.17, 15) is 9.59 Å². The number of amides is 1. The zero-order chi connectivity index (χ0) is 15.2. The Bertz CT molecular complexity index is 603. The largest absolute Gasteiger partial charge is 0.469 e. The van der Waals surface area contributed by atoms with E-state index in [2.05, 4.69) is 9.89 Å². The van der Waals surface area contributed by atoms with Crippen molar-refractivity contribution < 1.29 is 23.3 Å². The van der Waals surface area contributed by atoms with E-state index >= 15 is 0 Å². The molecule has 1 amide bonds. The summed E-state index contributed by atoms with van der Waals surface area (Å²) < 4.78 is 14.8. The second kappa shape index (κ2) is 6.74. The number of methoxy groups -OCH3 is 1. The third kappa shape index (κ3) is 3.71. The van der Waals surface area contributed by atoms with Gasteiger partial charge in [-0.25, -0.2) is 0 Å². The van der Waals surface area contributed by atoms with Crippen molar-refractivity contribution in [3.8, 4) is 11.5 Å². The lowest BCUT2D eigenvalue weighted by molar-refractivity contribution is -0.140. The number of hydrogen-bond acceptors (Lipinski definition) is 6. The average molecular weight is 292 g/mol. The minimum Gasteiger partial charge on any atom is -0.469 e. The molecular formula is C14H16N2O5. The van der Waals surface area contributed by atoms with Gasteiger partial charge in [0.1, 0.15) is 0 Å². The molecule has 0 atom stereocenters. The van der Waals surface area contributed by atoms with Crippen LogP contribution in [0.3, 0.4) is 0 Å². The third-order valence-corrected chi connectivity index (χ3v) is 2.94. The van der Waals surface area contributed by atoms with Gasteiger partial charge in [-0.2, -0.15) is 0 Å². The molecule has 0 aliphatic rings. The van der Waals surface area contributed by atoms with Crippen molar-refractivity contribution in [2.75, 3.05) is 20.7 Å². The average Bonchev–Trinajstić information content (AvgIpc) is 3.16. The van der Waals surface area contributed by atoms with Gasteiger partial charge in [0.05, 0.1) is 13.4 Å². The fourth-order valence-electron chi connectivity index (χ4n) is 1.77. The molecular weight excluding hydrogens is 276 g/mol. The van der Waals surface area contributed by atoms with Gasteiger partial charge in [0.2, 0.25) is 5.76 Å². The number of esters is 1. The fraction of sp³-hybridized carbons (Fsp3) is 0.357. The second-order valence-corrected chi connectivity index (χ2v) is 4.46. The van der Waals surface area contributed by atoms with Crippen molar-refractivity contribution in [3.05, 3.63) is 30.2 Å². The molecule has 0 unspecified atom stereocenters. The molecule has 0 fully saturated rings. The summed E-state index contributed by atoms with van der Waals surface area (Å²) in [6.07, 6.45) is 2.31. The molecule has 0 N–H and O–H groups in total. The van der Waals surface area contributed by atoms with Crippen molar-refractivity contribution >= 4 is 11.9 Å². The van der Waals surface area contributed by atoms with Gasteiger partial charge < -0.3 is 18.6 Å². The number of rotatable bonds is 6. The summed E-state index contributed by atoms with van der Waals surface area (Å²) >= 11 is 0. The molecule has 0 aliphatic heterocycles. The minimum absolute atomic E-state index is 0.196. The smallest absolute Gasteiger partial charge is 0.305 e. The highest BCUT2D eigenvalue weighted by Crippen LogP contribution is 2.21. The highest BCUT2D eigenvalue weighted by Gasteiger charge is 2.18. The van der Waals surface area contributed by atoms with Crippen LogP contribution in [0.25, 0.3) is 11.5 Å². The number of nitrogens with zero attached hydrogens (tertiary/aromatic N) is 2. The van der Waals surface area contributed by atoms with Crippen LogP contribution in [0.4, 0.5) is 0 Å². The van der Waals surface area contributed by atoms with Gasteiger partial charge in [0.15, 0.2) is 11.5 Å². The van der Waals surface area contributed by atoms with E-state index < -0.39 is 0 Å². The van der Waals surface area contributed by atoms with E-state index in [1.54, 1.807) is 19.2 Å². The van der Waals surface area contributed by atoms with Crippen LogP contribution < -0.4 is 0 Å². The SMILES string of the molecule is COC(=O)CCCN(C)C(=O)c1cc(-c2ccco2)on1. The highest BCUT2D eigenvalue weighted by atomic mass is 16.5. The van der Waals surface area contributed by atoms with Gasteiger partial charge in [-0.1, -0.05) is 5.16 Å². The number of aromatic nitrogens is 1. The Kier molecular flexibility index (Phi) is 4.76. The maximum absolute atomic E-state index is 12.1. The van der Waals surface area contributed by atoms with E-state index in [1.165, 1.54) is 24.3 Å². The normalized spacial score (nSPS) is 10.4. The van der Waals surface area contributed by atoms with Crippen molar-refractivity contribution in [3.63, 3.8) is 0 Å². The molecule has 7 heteroatoms. The zero-order valence-electron chi connectivity index (χ0n) is 11.9. The van der Waals surface area contributed by atoms with E-state index in [-0.39, 0.29) is 24.0 Å². The van der Waals surface area contributed by atoms with Crippen LogP contribution in [0, 0.1) is 0 Å². The topological polar surface area (TPSA) is 85.8 Å². The fourth-order valence-corrected chi connectivity index (χ4v) is 1.77. The monoisotopic (exact) mass is 292 g/mol. The first-order valence-electron chi connectivity index (χ1n) is 6.44. The number of carbonyl (C=O) groups is 2. The van der Waals surface area contributed by atoms with E-state index in [1.807, 2.05) is 0 Å². The molecule has 2 heterocycles. The summed E-state index contributed by atoms with van der Waals surface area (Å²) in [5, 5.41) is 3.73. The summed E-state index contributed by atoms with van der Waals surface area (Å²) in [6.45, 7) is 0.427. The Morgan fingerprint density at radius 2 is 2.19 bits per heavy atom. The Balaban J connectivity index is 1.92. The van der Waals surface area contributed by atoms with Gasteiger partial charge >= 0.3 is 5.97 Å². The van der Waals surface area contributed by atoms with E-state index in [0.29, 0.717) is 24.5 Å². The first-order valence-corrected chi connectivity index (χ1v) is 6.44. The molecule has 0 spiro atoms. The lowest BCUT2D eigenvalue weighted by Gasteiger charge is -2.14. The molecule has 0 saturated carbocycles. The molecule has 0 bridgehead atoms. The Morgan fingerprint density at radius 1 is 1.38 bits per heavy atom. The Morgan fingerprint density at radius 3 is 2.86 bits per heavy atom. The number of furan rings is 1. The van der Waals surface area contributed by atoms with Gasteiger partial charge in [-0.05, 0) is 18.6 Å². The van der Waals surface area contributed by atoms with Crippen molar-refractivity contribution in [2.45, 2.75) is 12.8 Å². The Labute approximate surface area is 121 Å². The van der Waals surface area contributed by atoms with E-state index in [0.717, 1.165) is 0 Å². The van der Waals surface area contributed by atoms with Crippen LogP contribution >= 0.6 is 0 Å². The van der Waals surface area contributed by atoms with Crippen LogP contribution in [0.1, 0.15) is 23.3 Å². The van der Waals surface area contributed by atoms with Crippen LogP contribution in [0.2, 0.25) is 0 Å². The predicted molar refractivity (Wildman–Crippen MR) is 72.4 cm³/mol. The predicted octanol–water partition coefficient (Wildman–Crippen LogP) is 1.96. The molecule has 112 valence electrons. The summed E-state index contributed by atoms with van der Waals surface area (Å²) in [5.41, 5.74) is 0.196. The van der Waals surface area contributed by atoms with Gasteiger partial charge in [0.25, 0.3) is 5.91 Å². The van der Waals surface area contributed by atoms with Gasteiger partial charge in [-0.15, -0.1) is 0 Å². The number of hydrogen-bond donors (Lipinski definition) is 0. The van der Waals surface area contributed by atoms with Crippen molar-refractivity contribution in [1.29, 1.82) is 0 Å². The quantitative estimate of drug-likeness (QED) is 0.756. The van der Waals surface area contributed by atoms with Gasteiger partial charge in [-0.3, -0.25) is 9.59 Å². The molecule has 0 radical (unpaired) electrons. The minimum atomic E-state index is -0.294. The molecule has 21 heavy (non-hydrogen) atoms. The van der Waals surface area contributed by atoms with Crippen molar-refractivity contribution in [2.24, 2.45) is 0 Å². The van der Waals surface area contributed by atoms with Crippen LogP contribution in [0.15, 0.2) is 33.4 Å². The molecule has 0 saturated heterocycles. The van der Waals surface area contributed by atoms with Gasteiger partial charge in [0, 0.05) is 26.1 Å². The maximum Gasteiger partial charge on any atom is 0.305 e. The molecule has 2 aromatic heterocycles. The summed E-state index contributed by atoms with van der Waals surface area (Å²) in [6, 6.07) is 4.96. The van der Waals surface area contributed by atoms with Crippen LogP contribution in [-0.2, 0) is 9.53 Å². The first-order chi connectivity index (χ1) is 10.1. The zero-order valence-corrected chi connectivity index (χ0v) is 11.9. The molecule has 7 nitrogen and oxygen atoms in total. The molecule has 0 aliphatic carbocycles. The maximum atomic E-state index is 12.1.